The third-order valence-corrected chi connectivity index (χ3v) is 12.0. The van der Waals surface area contributed by atoms with Crippen LogP contribution >= 0.6 is 0 Å². The predicted molar refractivity (Wildman–Crippen MR) is 197 cm³/mol. The van der Waals surface area contributed by atoms with Gasteiger partial charge in [-0.3, -0.25) is 19.2 Å². The maximum atomic E-state index is 14.9. The van der Waals surface area contributed by atoms with Crippen molar-refractivity contribution in [2.75, 3.05) is 46.9 Å². The molecular formula is C41H47N5O7. The fraction of sp³-hybridized carbons (Fsp3) is 0.463. The van der Waals surface area contributed by atoms with Crippen molar-refractivity contribution in [3.63, 3.8) is 0 Å². The summed E-state index contributed by atoms with van der Waals surface area (Å²) < 4.78 is 16.4. The summed E-state index contributed by atoms with van der Waals surface area (Å²) in [4.78, 5) is 65.3. The lowest BCUT2D eigenvalue weighted by molar-refractivity contribution is -0.167. The van der Waals surface area contributed by atoms with Gasteiger partial charge in [-0.1, -0.05) is 25.1 Å². The van der Waals surface area contributed by atoms with E-state index in [2.05, 4.69) is 29.4 Å². The first kappa shape index (κ1) is 34.8. The predicted octanol–water partition coefficient (Wildman–Crippen LogP) is 4.86. The molecule has 3 fully saturated rings. The van der Waals surface area contributed by atoms with Crippen LogP contribution in [0.5, 0.6) is 11.5 Å². The van der Waals surface area contributed by atoms with Crippen LogP contribution in [-0.4, -0.2) is 90.3 Å². The number of carbonyl (C=O) groups excluding carboxylic acids is 4. The van der Waals surface area contributed by atoms with Gasteiger partial charge in [-0.2, -0.15) is 0 Å². The Morgan fingerprint density at radius 3 is 2.38 bits per heavy atom. The van der Waals surface area contributed by atoms with Gasteiger partial charge in [-0.15, -0.1) is 0 Å². The van der Waals surface area contributed by atoms with Crippen LogP contribution in [0.1, 0.15) is 55.8 Å². The van der Waals surface area contributed by atoms with Crippen LogP contribution in [0.25, 0.3) is 22.2 Å². The van der Waals surface area contributed by atoms with E-state index in [4.69, 9.17) is 13.9 Å². The molecule has 4 aromatic rings. The van der Waals surface area contributed by atoms with Gasteiger partial charge in [-0.05, 0) is 73.6 Å². The van der Waals surface area contributed by atoms with Crippen LogP contribution in [-0.2, 0) is 37.7 Å². The second-order valence-corrected chi connectivity index (χ2v) is 14.8. The molecule has 4 aliphatic rings. The minimum absolute atomic E-state index is 0.0259. The third kappa shape index (κ3) is 6.11. The smallest absolute Gasteiger partial charge is 0.228 e. The maximum absolute atomic E-state index is 14.9. The number of amides is 4. The van der Waals surface area contributed by atoms with Crippen molar-refractivity contribution in [1.29, 1.82) is 0 Å². The first-order valence-electron chi connectivity index (χ1n) is 18.8. The molecule has 0 unspecified atom stereocenters. The van der Waals surface area contributed by atoms with E-state index in [0.29, 0.717) is 57.1 Å². The van der Waals surface area contributed by atoms with Crippen molar-refractivity contribution >= 4 is 34.5 Å². The van der Waals surface area contributed by atoms with Crippen molar-refractivity contribution in [1.82, 2.24) is 25.0 Å². The topological polar surface area (TPSA) is 137 Å². The molecule has 3 atom stereocenters. The van der Waals surface area contributed by atoms with Gasteiger partial charge in [0, 0.05) is 79.7 Å². The number of fused-ring (bicyclic) bond motifs is 5. The van der Waals surface area contributed by atoms with E-state index in [0.717, 1.165) is 51.9 Å². The SMILES string of the molecule is CC[C@]12c3[nH]c4cc(-c5ccco5)ccc4c3CCN1C(=O)[C@@H](CC(=O)NCc1ccc(OC)c(OC)c1)C[C@@H]2C(=O)N1CCN(C(=O)C2CC2)CC1. The number of piperazine rings is 1. The average molecular weight is 722 g/mol. The lowest BCUT2D eigenvalue weighted by Crippen LogP contribution is -2.66. The molecule has 0 spiro atoms. The highest BCUT2D eigenvalue weighted by Crippen LogP contribution is 2.52. The van der Waals surface area contributed by atoms with Gasteiger partial charge in [-0.25, -0.2) is 0 Å². The Kier molecular flexibility index (Phi) is 9.16. The van der Waals surface area contributed by atoms with Gasteiger partial charge in [0.05, 0.1) is 31.9 Å². The molecule has 53 heavy (non-hydrogen) atoms. The molecule has 3 aliphatic heterocycles. The summed E-state index contributed by atoms with van der Waals surface area (Å²) in [6.07, 6.45) is 4.93. The maximum Gasteiger partial charge on any atom is 0.228 e. The Hall–Kier alpha value is -5.26. The minimum atomic E-state index is -0.917. The van der Waals surface area contributed by atoms with Gasteiger partial charge < -0.3 is 38.9 Å². The van der Waals surface area contributed by atoms with Crippen LogP contribution in [0.15, 0.2) is 59.2 Å². The monoisotopic (exact) mass is 721 g/mol. The number of aromatic amines is 1. The fourth-order valence-electron chi connectivity index (χ4n) is 9.04. The van der Waals surface area contributed by atoms with E-state index in [1.165, 1.54) is 0 Å². The van der Waals surface area contributed by atoms with Gasteiger partial charge in [0.25, 0.3) is 0 Å². The Labute approximate surface area is 308 Å². The number of aromatic nitrogens is 1. The second-order valence-electron chi connectivity index (χ2n) is 14.8. The average Bonchev–Trinajstić information content (AvgIpc) is 3.75. The molecular weight excluding hydrogens is 674 g/mol. The number of H-pyrrole nitrogens is 1. The summed E-state index contributed by atoms with van der Waals surface area (Å²) in [6, 6.07) is 15.5. The van der Waals surface area contributed by atoms with Crippen LogP contribution < -0.4 is 14.8 Å². The number of nitrogens with zero attached hydrogens (tertiary/aromatic N) is 3. The number of hydrogen-bond acceptors (Lipinski definition) is 7. The highest BCUT2D eigenvalue weighted by molar-refractivity contribution is 5.94. The number of nitrogens with one attached hydrogen (secondary N) is 2. The van der Waals surface area contributed by atoms with Crippen molar-refractivity contribution in [2.45, 2.75) is 57.5 Å². The van der Waals surface area contributed by atoms with Crippen molar-refractivity contribution in [3.05, 3.63) is 71.6 Å². The molecule has 5 heterocycles. The van der Waals surface area contributed by atoms with Gasteiger partial charge in [0.2, 0.25) is 23.6 Å². The number of methoxy groups -OCH3 is 2. The number of rotatable bonds is 10. The van der Waals surface area contributed by atoms with Gasteiger partial charge in [0.15, 0.2) is 11.5 Å². The quantitative estimate of drug-likeness (QED) is 0.239. The fourth-order valence-corrected chi connectivity index (χ4v) is 9.04. The second kappa shape index (κ2) is 13.9. The Morgan fingerprint density at radius 1 is 0.943 bits per heavy atom. The molecule has 2 aromatic heterocycles. The number of ether oxygens (including phenoxy) is 2. The molecule has 2 saturated heterocycles. The van der Waals surface area contributed by atoms with Crippen LogP contribution in [0.4, 0.5) is 0 Å². The molecule has 1 saturated carbocycles. The summed E-state index contributed by atoms with van der Waals surface area (Å²) in [5.74, 6) is 0.619. The molecule has 278 valence electrons. The first-order valence-corrected chi connectivity index (χ1v) is 18.8. The summed E-state index contributed by atoms with van der Waals surface area (Å²) in [6.45, 7) is 4.67. The molecule has 12 nitrogen and oxygen atoms in total. The van der Waals surface area contributed by atoms with E-state index >= 15 is 0 Å². The van der Waals surface area contributed by atoms with Crippen molar-refractivity contribution in [3.8, 4) is 22.8 Å². The number of benzene rings is 2. The van der Waals surface area contributed by atoms with Crippen LogP contribution in [0, 0.1) is 17.8 Å². The van der Waals surface area contributed by atoms with Crippen LogP contribution in [0.2, 0.25) is 0 Å². The van der Waals surface area contributed by atoms with Crippen molar-refractivity contribution in [2.24, 2.45) is 17.8 Å². The molecule has 1 aliphatic carbocycles. The van der Waals surface area contributed by atoms with Gasteiger partial charge in [0.1, 0.15) is 5.76 Å². The summed E-state index contributed by atoms with van der Waals surface area (Å²) in [5, 5.41) is 4.06. The van der Waals surface area contributed by atoms with E-state index in [1.54, 1.807) is 26.5 Å². The number of hydrogen-bond donors (Lipinski definition) is 2. The Bertz CT molecular complexity index is 2040. The molecule has 0 radical (unpaired) electrons. The number of carbonyl (C=O) groups is 4. The zero-order valence-corrected chi connectivity index (χ0v) is 30.6. The Morgan fingerprint density at radius 2 is 1.70 bits per heavy atom. The lowest BCUT2D eigenvalue weighted by atomic mass is 9.65. The van der Waals surface area contributed by atoms with Crippen LogP contribution in [0.3, 0.4) is 0 Å². The Balaban J connectivity index is 1.09. The zero-order chi connectivity index (χ0) is 36.9. The molecule has 4 amide bonds. The zero-order valence-electron chi connectivity index (χ0n) is 30.6. The number of piperidine rings is 1. The van der Waals surface area contributed by atoms with E-state index in [-0.39, 0.29) is 48.9 Å². The lowest BCUT2D eigenvalue weighted by Gasteiger charge is -2.56. The third-order valence-electron chi connectivity index (χ3n) is 12.0. The standard InChI is InChI=1S/C41H47N5O7/c1-4-41-31(40(50)45-17-15-44(16-18-45)38(48)26-8-9-26)21-28(23-36(47)42-24-25-7-12-34(51-2)35(20-25)52-3)39(49)46(41)14-13-30-29-11-10-27(33-6-5-19-53-33)22-32(29)43-37(30)41/h5-7,10-12,19-20,22,26,28,31,43H,4,8-9,13-18,21,23-24H2,1-3H3,(H,42,47)/t28-,31-,41+/m1/s1. The molecule has 8 rings (SSSR count). The molecule has 0 bridgehead atoms. The highest BCUT2D eigenvalue weighted by Gasteiger charge is 2.59. The largest absolute Gasteiger partial charge is 0.493 e. The summed E-state index contributed by atoms with van der Waals surface area (Å²) >= 11 is 0. The van der Waals surface area contributed by atoms with E-state index in [9.17, 15) is 19.2 Å². The first-order chi connectivity index (χ1) is 25.7. The molecule has 2 aromatic carbocycles. The summed E-state index contributed by atoms with van der Waals surface area (Å²) in [5.41, 5.74) is 3.82. The summed E-state index contributed by atoms with van der Waals surface area (Å²) in [7, 11) is 3.13. The highest BCUT2D eigenvalue weighted by atomic mass is 16.5. The molecule has 12 heteroatoms. The normalized spacial score (nSPS) is 22.7. The van der Waals surface area contributed by atoms with Crippen molar-refractivity contribution < 1.29 is 33.1 Å². The minimum Gasteiger partial charge on any atom is -0.493 e. The van der Waals surface area contributed by atoms with E-state index < -0.39 is 17.4 Å². The molecule has 2 N–H and O–H groups in total. The van der Waals surface area contributed by atoms with Gasteiger partial charge >= 0.3 is 0 Å². The number of furan rings is 1. The van der Waals surface area contributed by atoms with E-state index in [1.807, 2.05) is 45.0 Å².